The van der Waals surface area contributed by atoms with Crippen LogP contribution in [0.4, 0.5) is 5.13 Å². The monoisotopic (exact) mass is 314 g/mol. The molecule has 0 atom stereocenters. The minimum absolute atomic E-state index is 0.275. The van der Waals surface area contributed by atoms with Crippen molar-refractivity contribution in [3.05, 3.63) is 47.1 Å². The van der Waals surface area contributed by atoms with E-state index in [9.17, 15) is 4.79 Å². The molecule has 0 saturated carbocycles. The Bertz CT molecular complexity index is 809. The number of nitrogens with one attached hydrogen (secondary N) is 2. The molecule has 0 aliphatic carbocycles. The lowest BCUT2D eigenvalue weighted by molar-refractivity contribution is 0.102. The highest BCUT2D eigenvalue weighted by molar-refractivity contribution is 7.15. The van der Waals surface area contributed by atoms with Crippen LogP contribution in [0, 0.1) is 6.92 Å². The Labute approximate surface area is 131 Å². The van der Waals surface area contributed by atoms with Crippen molar-refractivity contribution in [1.82, 2.24) is 15.2 Å². The van der Waals surface area contributed by atoms with Crippen molar-refractivity contribution in [3.63, 3.8) is 0 Å². The summed E-state index contributed by atoms with van der Waals surface area (Å²) in [4.78, 5) is 17.3. The minimum atomic E-state index is -0.275. The van der Waals surface area contributed by atoms with E-state index in [2.05, 4.69) is 20.5 Å². The zero-order valence-electron chi connectivity index (χ0n) is 12.1. The lowest BCUT2D eigenvalue weighted by Gasteiger charge is -2.04. The maximum Gasteiger partial charge on any atom is 0.275 e. The Morgan fingerprint density at radius 3 is 2.91 bits per heavy atom. The molecule has 1 aromatic carbocycles. The van der Waals surface area contributed by atoms with E-state index in [1.54, 1.807) is 19.4 Å². The third-order valence-electron chi connectivity index (χ3n) is 3.05. The number of carbonyl (C=O) groups excluding carboxylic acids is 1. The Morgan fingerprint density at radius 1 is 1.36 bits per heavy atom. The van der Waals surface area contributed by atoms with E-state index in [0.717, 1.165) is 10.4 Å². The SMILES string of the molecule is COc1ccccc1-c1cc(C(=O)Nc2ncc(C)s2)[nH]n1. The quantitative estimate of drug-likeness (QED) is 0.775. The van der Waals surface area contributed by atoms with Gasteiger partial charge in [0.25, 0.3) is 5.91 Å². The molecule has 3 aromatic rings. The van der Waals surface area contributed by atoms with Crippen LogP contribution >= 0.6 is 11.3 Å². The number of para-hydroxylation sites is 1. The third-order valence-corrected chi connectivity index (χ3v) is 3.88. The lowest BCUT2D eigenvalue weighted by atomic mass is 10.1. The largest absolute Gasteiger partial charge is 0.496 e. The molecule has 7 heteroatoms. The Kier molecular flexibility index (Phi) is 3.88. The Balaban J connectivity index is 1.82. The molecule has 0 spiro atoms. The number of aromatic nitrogens is 3. The number of H-pyrrole nitrogens is 1. The molecule has 0 fully saturated rings. The summed E-state index contributed by atoms with van der Waals surface area (Å²) in [6.07, 6.45) is 1.72. The number of nitrogens with zero attached hydrogens (tertiary/aromatic N) is 2. The van der Waals surface area contributed by atoms with Crippen LogP contribution < -0.4 is 10.1 Å². The van der Waals surface area contributed by atoms with Gasteiger partial charge in [-0.2, -0.15) is 5.10 Å². The van der Waals surface area contributed by atoms with Gasteiger partial charge in [0, 0.05) is 16.6 Å². The van der Waals surface area contributed by atoms with Gasteiger partial charge in [-0.25, -0.2) is 4.98 Å². The zero-order chi connectivity index (χ0) is 15.5. The highest BCUT2D eigenvalue weighted by atomic mass is 32.1. The first kappa shape index (κ1) is 14.3. The number of aryl methyl sites for hydroxylation is 1. The van der Waals surface area contributed by atoms with Crippen LogP contribution in [0.5, 0.6) is 5.75 Å². The van der Waals surface area contributed by atoms with E-state index in [-0.39, 0.29) is 5.91 Å². The number of hydrogen-bond acceptors (Lipinski definition) is 5. The molecule has 2 aromatic heterocycles. The van der Waals surface area contributed by atoms with Gasteiger partial charge < -0.3 is 4.74 Å². The summed E-state index contributed by atoms with van der Waals surface area (Å²) in [5.41, 5.74) is 1.84. The first-order valence-electron chi connectivity index (χ1n) is 6.60. The van der Waals surface area contributed by atoms with Crippen LogP contribution in [0.15, 0.2) is 36.5 Å². The molecule has 0 saturated heterocycles. The van der Waals surface area contributed by atoms with Gasteiger partial charge in [-0.05, 0) is 25.1 Å². The van der Waals surface area contributed by atoms with Crippen LogP contribution in [0.1, 0.15) is 15.4 Å². The van der Waals surface area contributed by atoms with Crippen LogP contribution in [-0.2, 0) is 0 Å². The molecule has 1 amide bonds. The predicted octanol–water partition coefficient (Wildman–Crippen LogP) is 3.10. The molecular weight excluding hydrogens is 300 g/mol. The average molecular weight is 314 g/mol. The fraction of sp³-hybridized carbons (Fsp3) is 0.133. The number of anilines is 1. The van der Waals surface area contributed by atoms with Crippen LogP contribution in [0.2, 0.25) is 0 Å². The normalized spacial score (nSPS) is 10.5. The van der Waals surface area contributed by atoms with Gasteiger partial charge in [0.2, 0.25) is 0 Å². The van der Waals surface area contributed by atoms with Gasteiger partial charge in [-0.15, -0.1) is 11.3 Å². The Hall–Kier alpha value is -2.67. The number of rotatable bonds is 4. The number of ether oxygens (including phenoxy) is 1. The molecule has 22 heavy (non-hydrogen) atoms. The molecular formula is C15H14N4O2S. The van der Waals surface area contributed by atoms with Crippen molar-refractivity contribution in [2.45, 2.75) is 6.92 Å². The standard InChI is InChI=1S/C15H14N4O2S/c1-9-8-16-15(22-9)17-14(20)12-7-11(18-19-12)10-5-3-4-6-13(10)21-2/h3-8H,1-2H3,(H,18,19)(H,16,17,20). The number of thiazole rings is 1. The summed E-state index contributed by atoms with van der Waals surface area (Å²) in [6.45, 7) is 1.93. The van der Waals surface area contributed by atoms with Gasteiger partial charge in [0.15, 0.2) is 5.13 Å². The first-order chi connectivity index (χ1) is 10.7. The second-order valence-electron chi connectivity index (χ2n) is 4.60. The zero-order valence-corrected chi connectivity index (χ0v) is 12.9. The van der Waals surface area contributed by atoms with Crippen LogP contribution in [0.25, 0.3) is 11.3 Å². The summed E-state index contributed by atoms with van der Waals surface area (Å²) < 4.78 is 5.31. The molecule has 0 unspecified atom stereocenters. The van der Waals surface area contributed by atoms with Gasteiger partial charge in [0.05, 0.1) is 12.8 Å². The number of carbonyl (C=O) groups is 1. The van der Waals surface area contributed by atoms with Crippen LogP contribution in [-0.4, -0.2) is 28.2 Å². The summed E-state index contributed by atoms with van der Waals surface area (Å²) in [6, 6.07) is 9.20. The number of amides is 1. The molecule has 0 aliphatic rings. The van der Waals surface area contributed by atoms with E-state index < -0.39 is 0 Å². The van der Waals surface area contributed by atoms with E-state index in [1.807, 2.05) is 31.2 Å². The van der Waals surface area contributed by atoms with Gasteiger partial charge >= 0.3 is 0 Å². The van der Waals surface area contributed by atoms with Crippen molar-refractivity contribution in [3.8, 4) is 17.0 Å². The summed E-state index contributed by atoms with van der Waals surface area (Å²) in [5.74, 6) is 0.430. The van der Waals surface area contributed by atoms with E-state index in [1.165, 1.54) is 11.3 Å². The minimum Gasteiger partial charge on any atom is -0.496 e. The topological polar surface area (TPSA) is 79.9 Å². The number of methoxy groups -OCH3 is 1. The van der Waals surface area contributed by atoms with Crippen molar-refractivity contribution >= 4 is 22.4 Å². The van der Waals surface area contributed by atoms with E-state index in [0.29, 0.717) is 22.3 Å². The predicted molar refractivity (Wildman–Crippen MR) is 85.4 cm³/mol. The molecule has 2 heterocycles. The highest BCUT2D eigenvalue weighted by Gasteiger charge is 2.14. The number of aromatic amines is 1. The average Bonchev–Trinajstić information content (AvgIpc) is 3.16. The first-order valence-corrected chi connectivity index (χ1v) is 7.41. The third kappa shape index (κ3) is 2.84. The number of hydrogen-bond donors (Lipinski definition) is 2. The van der Waals surface area contributed by atoms with Gasteiger partial charge in [0.1, 0.15) is 11.4 Å². The number of benzene rings is 1. The summed E-state index contributed by atoms with van der Waals surface area (Å²) >= 11 is 1.42. The van der Waals surface area contributed by atoms with Gasteiger partial charge in [-0.3, -0.25) is 15.2 Å². The lowest BCUT2D eigenvalue weighted by Crippen LogP contribution is -2.11. The van der Waals surface area contributed by atoms with E-state index in [4.69, 9.17) is 4.74 Å². The second-order valence-corrected chi connectivity index (χ2v) is 5.83. The molecule has 2 N–H and O–H groups in total. The summed E-state index contributed by atoms with van der Waals surface area (Å²) in [7, 11) is 1.60. The maximum atomic E-state index is 12.2. The second kappa shape index (κ2) is 5.98. The van der Waals surface area contributed by atoms with Crippen molar-refractivity contribution in [2.75, 3.05) is 12.4 Å². The van der Waals surface area contributed by atoms with Crippen LogP contribution in [0.3, 0.4) is 0 Å². The molecule has 6 nitrogen and oxygen atoms in total. The molecule has 0 aliphatic heterocycles. The van der Waals surface area contributed by atoms with Gasteiger partial charge in [-0.1, -0.05) is 12.1 Å². The maximum absolute atomic E-state index is 12.2. The summed E-state index contributed by atoms with van der Waals surface area (Å²) in [5, 5.41) is 10.2. The smallest absolute Gasteiger partial charge is 0.275 e. The fourth-order valence-corrected chi connectivity index (χ4v) is 2.67. The van der Waals surface area contributed by atoms with Crippen molar-refractivity contribution in [2.24, 2.45) is 0 Å². The molecule has 0 bridgehead atoms. The van der Waals surface area contributed by atoms with Crippen molar-refractivity contribution in [1.29, 1.82) is 0 Å². The van der Waals surface area contributed by atoms with Crippen molar-refractivity contribution < 1.29 is 9.53 Å². The molecule has 3 rings (SSSR count). The fourth-order valence-electron chi connectivity index (χ4n) is 2.01. The Morgan fingerprint density at radius 2 is 2.18 bits per heavy atom. The molecule has 0 radical (unpaired) electrons. The van der Waals surface area contributed by atoms with E-state index >= 15 is 0 Å². The highest BCUT2D eigenvalue weighted by Crippen LogP contribution is 2.28. The molecule has 112 valence electrons.